The number of rotatable bonds is 9. The number of nitrogens with one attached hydrogen (secondary N) is 2. The molecular weight excluding hydrogens is 695 g/mol. The summed E-state index contributed by atoms with van der Waals surface area (Å²) in [5, 5.41) is 4.85. The van der Waals surface area contributed by atoms with Crippen LogP contribution in [-0.4, -0.2) is 73.4 Å². The van der Waals surface area contributed by atoms with Crippen molar-refractivity contribution in [1.29, 1.82) is 0 Å². The average molecular weight is 737 g/mol. The highest BCUT2D eigenvalue weighted by atomic mass is 19.3. The second kappa shape index (κ2) is 12.7. The van der Waals surface area contributed by atoms with Crippen molar-refractivity contribution >= 4 is 40.0 Å². The molecule has 0 atom stereocenters. The van der Waals surface area contributed by atoms with Gasteiger partial charge in [-0.15, -0.1) is 0 Å². The van der Waals surface area contributed by atoms with Gasteiger partial charge >= 0.3 is 0 Å². The van der Waals surface area contributed by atoms with Gasteiger partial charge in [0.05, 0.1) is 45.6 Å². The van der Waals surface area contributed by atoms with Gasteiger partial charge in [0.1, 0.15) is 11.1 Å². The number of anilines is 3. The van der Waals surface area contributed by atoms with Crippen molar-refractivity contribution in [2.24, 2.45) is 0 Å². The zero-order chi connectivity index (χ0) is 37.6. The molecule has 3 aromatic heterocycles. The van der Waals surface area contributed by atoms with E-state index >= 15 is 8.78 Å². The first-order valence-corrected chi connectivity index (χ1v) is 18.2. The number of hydrogen-bond acceptors (Lipinski definition) is 7. The minimum Gasteiger partial charge on any atom is -0.341 e. The van der Waals surface area contributed by atoms with Crippen molar-refractivity contribution in [3.63, 3.8) is 0 Å². The van der Waals surface area contributed by atoms with Gasteiger partial charge in [-0.1, -0.05) is 6.42 Å². The van der Waals surface area contributed by atoms with E-state index < -0.39 is 52.0 Å². The van der Waals surface area contributed by atoms with Crippen LogP contribution in [0.4, 0.5) is 39.1 Å². The highest BCUT2D eigenvalue weighted by molar-refractivity contribution is 6.08. The Kier molecular flexibility index (Phi) is 8.50. The quantitative estimate of drug-likeness (QED) is 0.136. The van der Waals surface area contributed by atoms with E-state index in [1.807, 2.05) is 38.7 Å². The average Bonchev–Trinajstić information content (AvgIpc) is 3.72. The number of piperidine rings is 1. The maximum atomic E-state index is 15.4. The number of fused-ring (bicyclic) bond motifs is 2. The van der Waals surface area contributed by atoms with E-state index in [9.17, 15) is 22.8 Å². The second-order valence-electron chi connectivity index (χ2n) is 15.7. The number of likely N-dealkylation sites (tertiary alicyclic amines) is 1. The largest absolute Gasteiger partial charge is 0.341 e. The molecule has 0 unspecified atom stereocenters. The summed E-state index contributed by atoms with van der Waals surface area (Å²) >= 11 is 0. The van der Waals surface area contributed by atoms with E-state index in [1.165, 1.54) is 19.3 Å². The first-order chi connectivity index (χ1) is 25.2. The Labute approximate surface area is 303 Å². The lowest BCUT2D eigenvalue weighted by molar-refractivity contribution is -0.123. The molecule has 1 aromatic carbocycles. The van der Waals surface area contributed by atoms with Crippen LogP contribution < -0.4 is 15.5 Å². The third kappa shape index (κ3) is 5.82. The third-order valence-corrected chi connectivity index (χ3v) is 11.5. The molecule has 10 nitrogen and oxygen atoms in total. The Balaban J connectivity index is 1.17. The van der Waals surface area contributed by atoms with Crippen LogP contribution in [0.1, 0.15) is 94.7 Å². The molecule has 5 heterocycles. The van der Waals surface area contributed by atoms with Crippen LogP contribution in [0.2, 0.25) is 0 Å². The SMILES string of the molecule is CC(C)n1cnc2cc(-c3cnc4c(c3)N(C3CC(N5CCCCC5)C3)C(=O)C4(C)C)nc(Nc3cc(C(=O)NC4(C(F)F)CC4)c(F)c(F)c3F)c21. The highest BCUT2D eigenvalue weighted by Crippen LogP contribution is 2.47. The maximum Gasteiger partial charge on any atom is 0.261 e. The fourth-order valence-corrected chi connectivity index (χ4v) is 7.98. The molecule has 2 saturated carbocycles. The van der Waals surface area contributed by atoms with Gasteiger partial charge in [0.25, 0.3) is 12.3 Å². The summed E-state index contributed by atoms with van der Waals surface area (Å²) < 4.78 is 74.3. The maximum absolute atomic E-state index is 15.4. The third-order valence-electron chi connectivity index (χ3n) is 11.5. The van der Waals surface area contributed by atoms with Crippen molar-refractivity contribution in [2.45, 2.75) is 108 Å². The molecule has 2 aliphatic carbocycles. The molecule has 2 aliphatic heterocycles. The Morgan fingerprint density at radius 3 is 2.32 bits per heavy atom. The molecule has 2 amide bonds. The zero-order valence-corrected chi connectivity index (χ0v) is 29.9. The van der Waals surface area contributed by atoms with Crippen LogP contribution in [0.25, 0.3) is 22.3 Å². The number of halogens is 5. The smallest absolute Gasteiger partial charge is 0.261 e. The van der Waals surface area contributed by atoms with Crippen molar-refractivity contribution in [3.8, 4) is 11.3 Å². The molecule has 0 bridgehead atoms. The molecule has 3 fully saturated rings. The van der Waals surface area contributed by atoms with E-state index in [0.29, 0.717) is 39.7 Å². The number of nitrogens with zero attached hydrogens (tertiary/aromatic N) is 6. The number of carbonyl (C=O) groups is 2. The number of hydrogen-bond donors (Lipinski definition) is 2. The standard InChI is InChI=1S/C38H41F5N8O2/c1-19(2)50-18-45-26-16-24(20-12-27-32(44-17-20)37(3,4)36(53)51(27)22-13-21(14-22)49-10-6-5-7-11-49)46-33(31(26)50)47-25-15-23(28(39)30(41)29(25)40)34(52)48-38(8-9-38)35(42)43/h12,15-19,21-22,35H,5-11,13-14H2,1-4H3,(H,46,47)(H,48,52). The number of amides is 2. The van der Waals surface area contributed by atoms with Gasteiger partial charge in [-0.2, -0.15) is 0 Å². The topological polar surface area (TPSA) is 108 Å². The van der Waals surface area contributed by atoms with E-state index in [0.717, 1.165) is 32.0 Å². The number of benzene rings is 1. The molecule has 8 rings (SSSR count). The summed E-state index contributed by atoms with van der Waals surface area (Å²) in [6, 6.07) is 4.67. The number of imidazole rings is 1. The minimum atomic E-state index is -2.91. The van der Waals surface area contributed by atoms with Crippen LogP contribution in [0.3, 0.4) is 0 Å². The molecular formula is C38H41F5N8O2. The first-order valence-electron chi connectivity index (χ1n) is 18.2. The van der Waals surface area contributed by atoms with Crippen LogP contribution in [0.5, 0.6) is 0 Å². The second-order valence-corrected chi connectivity index (χ2v) is 15.7. The summed E-state index contributed by atoms with van der Waals surface area (Å²) in [5.41, 5.74) is -1.12. The monoisotopic (exact) mass is 736 g/mol. The molecule has 0 radical (unpaired) electrons. The molecule has 1 saturated heterocycles. The summed E-state index contributed by atoms with van der Waals surface area (Å²) in [5.74, 6) is -6.65. The number of carbonyl (C=O) groups excluding carboxylic acids is 2. The Hall–Kier alpha value is -4.66. The fourth-order valence-electron chi connectivity index (χ4n) is 7.98. The van der Waals surface area contributed by atoms with Gasteiger partial charge in [0, 0.05) is 29.9 Å². The first kappa shape index (κ1) is 35.4. The molecule has 4 aliphatic rings. The van der Waals surface area contributed by atoms with E-state index in [-0.39, 0.29) is 36.7 Å². The molecule has 0 spiro atoms. The zero-order valence-electron chi connectivity index (χ0n) is 29.9. The molecule has 4 aromatic rings. The lowest BCUT2D eigenvalue weighted by Gasteiger charge is -2.47. The Morgan fingerprint density at radius 1 is 0.943 bits per heavy atom. The summed E-state index contributed by atoms with van der Waals surface area (Å²) in [7, 11) is 0. The molecule has 2 N–H and O–H groups in total. The fraction of sp³-hybridized carbons (Fsp3) is 0.500. The predicted octanol–water partition coefficient (Wildman–Crippen LogP) is 7.40. The van der Waals surface area contributed by atoms with Gasteiger partial charge in [-0.3, -0.25) is 14.6 Å². The van der Waals surface area contributed by atoms with Gasteiger partial charge in [-0.25, -0.2) is 31.9 Å². The van der Waals surface area contributed by atoms with E-state index in [4.69, 9.17) is 9.97 Å². The van der Waals surface area contributed by atoms with Gasteiger partial charge in [-0.05, 0) is 97.5 Å². The van der Waals surface area contributed by atoms with Gasteiger partial charge in [0.15, 0.2) is 23.3 Å². The van der Waals surface area contributed by atoms with Crippen molar-refractivity contribution in [1.82, 2.24) is 29.7 Å². The molecule has 280 valence electrons. The Morgan fingerprint density at radius 2 is 1.66 bits per heavy atom. The van der Waals surface area contributed by atoms with Crippen LogP contribution >= 0.6 is 0 Å². The normalized spacial score (nSPS) is 22.0. The summed E-state index contributed by atoms with van der Waals surface area (Å²) in [6.45, 7) is 9.69. The van der Waals surface area contributed by atoms with Crippen LogP contribution in [0, 0.1) is 17.5 Å². The summed E-state index contributed by atoms with van der Waals surface area (Å²) in [6.07, 6.45) is 5.61. The van der Waals surface area contributed by atoms with Crippen molar-refractivity contribution in [2.75, 3.05) is 23.3 Å². The van der Waals surface area contributed by atoms with Crippen molar-refractivity contribution in [3.05, 3.63) is 59.4 Å². The Bertz CT molecular complexity index is 2140. The molecule has 53 heavy (non-hydrogen) atoms. The van der Waals surface area contributed by atoms with Crippen molar-refractivity contribution < 1.29 is 31.5 Å². The number of aromatic nitrogens is 4. The minimum absolute atomic E-state index is 0.0170. The number of alkyl halides is 2. The van der Waals surface area contributed by atoms with E-state index in [1.54, 1.807) is 23.2 Å². The highest BCUT2D eigenvalue weighted by Gasteiger charge is 2.53. The van der Waals surface area contributed by atoms with Crippen LogP contribution in [-0.2, 0) is 10.2 Å². The lowest BCUT2D eigenvalue weighted by Crippen LogP contribution is -2.57. The van der Waals surface area contributed by atoms with Gasteiger partial charge in [0.2, 0.25) is 5.91 Å². The molecule has 15 heteroatoms. The van der Waals surface area contributed by atoms with E-state index in [2.05, 4.69) is 20.5 Å². The van der Waals surface area contributed by atoms with Gasteiger partial charge < -0.3 is 25.0 Å². The summed E-state index contributed by atoms with van der Waals surface area (Å²) in [4.78, 5) is 45.4. The predicted molar refractivity (Wildman–Crippen MR) is 189 cm³/mol. The lowest BCUT2D eigenvalue weighted by atomic mass is 9.83. The number of pyridine rings is 2. The van der Waals surface area contributed by atoms with Crippen LogP contribution in [0.15, 0.2) is 30.7 Å².